The van der Waals surface area contributed by atoms with E-state index in [1.54, 1.807) is 0 Å². The van der Waals surface area contributed by atoms with Gasteiger partial charge in [-0.15, -0.1) is 0 Å². The van der Waals surface area contributed by atoms with Gasteiger partial charge in [-0.1, -0.05) is 0 Å². The molecular weight excluding hydrogens is 247 g/mol. The quantitative estimate of drug-likeness (QED) is 0.644. The number of nitro groups is 1. The first-order valence-electron chi connectivity index (χ1n) is 4.59. The molecule has 18 heavy (non-hydrogen) atoms. The topological polar surface area (TPSA) is 111 Å². The minimum atomic E-state index is -1.57. The van der Waals surface area contributed by atoms with Gasteiger partial charge in [0.15, 0.2) is 11.6 Å². The molecule has 2 aromatic heterocycles. The van der Waals surface area contributed by atoms with Crippen molar-refractivity contribution in [2.24, 2.45) is 0 Å². The van der Waals surface area contributed by atoms with Crippen LogP contribution in [-0.2, 0) is 0 Å². The van der Waals surface area contributed by atoms with Gasteiger partial charge in [0.05, 0.1) is 4.92 Å². The molecular formula is C9H5FN4O4. The number of carboxylic acids is 1. The molecule has 0 spiro atoms. The molecule has 8 nitrogen and oxygen atoms in total. The van der Waals surface area contributed by atoms with Crippen LogP contribution in [0.5, 0.6) is 0 Å². The van der Waals surface area contributed by atoms with Crippen LogP contribution in [0.15, 0.2) is 24.5 Å². The number of rotatable bonds is 3. The van der Waals surface area contributed by atoms with Crippen LogP contribution >= 0.6 is 0 Å². The Morgan fingerprint density at radius 2 is 2.28 bits per heavy atom. The summed E-state index contributed by atoms with van der Waals surface area (Å²) in [6, 6.07) is 2.41. The van der Waals surface area contributed by atoms with E-state index in [1.165, 1.54) is 12.3 Å². The Morgan fingerprint density at radius 3 is 2.78 bits per heavy atom. The van der Waals surface area contributed by atoms with E-state index in [0.717, 1.165) is 16.9 Å². The van der Waals surface area contributed by atoms with Gasteiger partial charge in [-0.05, 0) is 12.1 Å². The second-order valence-corrected chi connectivity index (χ2v) is 3.18. The third-order valence-corrected chi connectivity index (χ3v) is 2.05. The zero-order chi connectivity index (χ0) is 13.3. The lowest BCUT2D eigenvalue weighted by Crippen LogP contribution is -2.04. The summed E-state index contributed by atoms with van der Waals surface area (Å²) in [7, 11) is 0. The van der Waals surface area contributed by atoms with Crippen molar-refractivity contribution in [3.8, 4) is 5.82 Å². The normalized spacial score (nSPS) is 10.3. The van der Waals surface area contributed by atoms with E-state index in [0.29, 0.717) is 0 Å². The summed E-state index contributed by atoms with van der Waals surface area (Å²) in [5, 5.41) is 22.8. The molecule has 9 heteroatoms. The van der Waals surface area contributed by atoms with Gasteiger partial charge in [0, 0.05) is 6.20 Å². The Bertz CT molecular complexity index is 608. The summed E-state index contributed by atoms with van der Waals surface area (Å²) in [4.78, 5) is 24.1. The largest absolute Gasteiger partial charge is 0.476 e. The van der Waals surface area contributed by atoms with Crippen LogP contribution in [0.4, 0.5) is 10.1 Å². The van der Waals surface area contributed by atoms with Gasteiger partial charge < -0.3 is 5.11 Å². The zero-order valence-electron chi connectivity index (χ0n) is 8.65. The molecule has 0 aliphatic carbocycles. The first kappa shape index (κ1) is 11.6. The molecule has 0 amide bonds. The molecule has 2 rings (SSSR count). The van der Waals surface area contributed by atoms with Crippen molar-refractivity contribution in [1.82, 2.24) is 14.8 Å². The number of pyridine rings is 1. The number of hydrogen-bond acceptors (Lipinski definition) is 5. The molecule has 92 valence electrons. The molecule has 1 N–H and O–H groups in total. The van der Waals surface area contributed by atoms with E-state index in [4.69, 9.17) is 5.11 Å². The fourth-order valence-corrected chi connectivity index (χ4v) is 1.31. The molecule has 0 atom stereocenters. The Hall–Kier alpha value is -2.84. The lowest BCUT2D eigenvalue weighted by molar-refractivity contribution is -0.385. The Morgan fingerprint density at radius 1 is 1.56 bits per heavy atom. The fraction of sp³-hybridized carbons (Fsp3) is 0. The highest BCUT2D eigenvalue weighted by Gasteiger charge is 2.26. The Labute approximate surface area is 98.5 Å². The van der Waals surface area contributed by atoms with Gasteiger partial charge in [-0.2, -0.15) is 5.10 Å². The third kappa shape index (κ3) is 1.88. The summed E-state index contributed by atoms with van der Waals surface area (Å²) in [6.07, 6.45) is 2.06. The van der Waals surface area contributed by atoms with Crippen molar-refractivity contribution in [2.45, 2.75) is 0 Å². The zero-order valence-corrected chi connectivity index (χ0v) is 8.65. The Kier molecular flexibility index (Phi) is 2.72. The van der Waals surface area contributed by atoms with Crippen LogP contribution < -0.4 is 0 Å². The fourth-order valence-electron chi connectivity index (χ4n) is 1.31. The first-order chi connectivity index (χ1) is 8.50. The second kappa shape index (κ2) is 4.20. The summed E-state index contributed by atoms with van der Waals surface area (Å²) in [5.41, 5.74) is -1.50. The van der Waals surface area contributed by atoms with E-state index in [-0.39, 0.29) is 5.82 Å². The predicted molar refractivity (Wildman–Crippen MR) is 54.9 cm³/mol. The molecule has 0 bridgehead atoms. The number of aromatic nitrogens is 3. The van der Waals surface area contributed by atoms with E-state index < -0.39 is 28.1 Å². The third-order valence-electron chi connectivity index (χ3n) is 2.05. The number of aromatic carboxylic acids is 1. The molecule has 0 radical (unpaired) electrons. The highest BCUT2D eigenvalue weighted by atomic mass is 19.1. The molecule has 2 heterocycles. The molecule has 2 aromatic rings. The summed E-state index contributed by atoms with van der Waals surface area (Å²) in [6.45, 7) is 0. The molecule has 0 unspecified atom stereocenters. The number of carboxylic acid groups (broad SMARTS) is 1. The molecule has 0 aliphatic rings. The molecule has 0 fully saturated rings. The van der Waals surface area contributed by atoms with Crippen LogP contribution in [0, 0.1) is 15.9 Å². The summed E-state index contributed by atoms with van der Waals surface area (Å²) < 4.78 is 14.1. The van der Waals surface area contributed by atoms with Crippen molar-refractivity contribution in [3.05, 3.63) is 46.2 Å². The molecule has 0 saturated carbocycles. The minimum Gasteiger partial charge on any atom is -0.476 e. The highest BCUT2D eigenvalue weighted by Crippen LogP contribution is 2.19. The average Bonchev–Trinajstić information content (AvgIpc) is 2.74. The number of nitrogens with zero attached hydrogens (tertiary/aromatic N) is 4. The van der Waals surface area contributed by atoms with E-state index in [9.17, 15) is 19.3 Å². The standard InChI is InChI=1S/C9H5FN4O4/c10-5-2-1-3-11-8(5)13-4-6(14(17)18)7(12-13)9(15)16/h1-4H,(H,15,16). The van der Waals surface area contributed by atoms with E-state index in [1.807, 2.05) is 0 Å². The maximum absolute atomic E-state index is 13.4. The molecule has 0 aliphatic heterocycles. The van der Waals surface area contributed by atoms with Crippen LogP contribution in [0.1, 0.15) is 10.5 Å². The number of carbonyl (C=O) groups is 1. The number of hydrogen-bond donors (Lipinski definition) is 1. The monoisotopic (exact) mass is 252 g/mol. The number of halogens is 1. The predicted octanol–water partition coefficient (Wildman–Crippen LogP) is 1.01. The molecule has 0 aromatic carbocycles. The van der Waals surface area contributed by atoms with E-state index in [2.05, 4.69) is 10.1 Å². The lowest BCUT2D eigenvalue weighted by atomic mass is 10.4. The maximum Gasteiger partial charge on any atom is 0.363 e. The molecule has 0 saturated heterocycles. The first-order valence-corrected chi connectivity index (χ1v) is 4.59. The SMILES string of the molecule is O=C(O)c1nn(-c2ncccc2F)cc1[N+](=O)[O-]. The van der Waals surface area contributed by atoms with Gasteiger partial charge in [0.1, 0.15) is 6.20 Å². The lowest BCUT2D eigenvalue weighted by Gasteiger charge is -1.99. The van der Waals surface area contributed by atoms with Gasteiger partial charge >= 0.3 is 11.7 Å². The van der Waals surface area contributed by atoms with Gasteiger partial charge in [0.2, 0.25) is 5.69 Å². The van der Waals surface area contributed by atoms with Gasteiger partial charge in [-0.3, -0.25) is 10.1 Å². The van der Waals surface area contributed by atoms with Gasteiger partial charge in [-0.25, -0.2) is 18.9 Å². The van der Waals surface area contributed by atoms with Crippen LogP contribution in [0.2, 0.25) is 0 Å². The van der Waals surface area contributed by atoms with Crippen LogP contribution in [0.25, 0.3) is 5.82 Å². The second-order valence-electron chi connectivity index (χ2n) is 3.18. The van der Waals surface area contributed by atoms with Crippen molar-refractivity contribution < 1.29 is 19.2 Å². The van der Waals surface area contributed by atoms with E-state index >= 15 is 0 Å². The Balaban J connectivity index is 2.61. The maximum atomic E-state index is 13.4. The van der Waals surface area contributed by atoms with Crippen molar-refractivity contribution in [3.63, 3.8) is 0 Å². The highest BCUT2D eigenvalue weighted by molar-refractivity contribution is 5.89. The summed E-state index contributed by atoms with van der Waals surface area (Å²) in [5.74, 6) is -2.66. The van der Waals surface area contributed by atoms with Gasteiger partial charge in [0.25, 0.3) is 0 Å². The van der Waals surface area contributed by atoms with Crippen molar-refractivity contribution >= 4 is 11.7 Å². The summed E-state index contributed by atoms with van der Waals surface area (Å²) >= 11 is 0. The average molecular weight is 252 g/mol. The van der Waals surface area contributed by atoms with Crippen LogP contribution in [0.3, 0.4) is 0 Å². The smallest absolute Gasteiger partial charge is 0.363 e. The van der Waals surface area contributed by atoms with Crippen molar-refractivity contribution in [2.75, 3.05) is 0 Å². The van der Waals surface area contributed by atoms with Crippen molar-refractivity contribution in [1.29, 1.82) is 0 Å². The minimum absolute atomic E-state index is 0.312. The van der Waals surface area contributed by atoms with Crippen LogP contribution in [-0.4, -0.2) is 30.8 Å².